The highest BCUT2D eigenvalue weighted by Gasteiger charge is 2.45. The van der Waals surface area contributed by atoms with Crippen molar-refractivity contribution in [2.75, 3.05) is 13.7 Å². The molecule has 8 heteroatoms. The topological polar surface area (TPSA) is 117 Å². The molecule has 24 heavy (non-hydrogen) atoms. The first-order chi connectivity index (χ1) is 11.4. The number of hydrogen-bond acceptors (Lipinski definition) is 6. The quantitative estimate of drug-likeness (QED) is 0.548. The van der Waals surface area contributed by atoms with Crippen LogP contribution < -0.4 is 10.6 Å². The van der Waals surface area contributed by atoms with Crippen molar-refractivity contribution in [2.45, 2.75) is 37.6 Å². The van der Waals surface area contributed by atoms with Gasteiger partial charge in [0.15, 0.2) is 6.29 Å². The van der Waals surface area contributed by atoms with Crippen LogP contribution in [-0.2, 0) is 14.3 Å². The Kier molecular flexibility index (Phi) is 6.27. The molecule has 5 atom stereocenters. The van der Waals surface area contributed by atoms with Crippen molar-refractivity contribution in [3.05, 3.63) is 35.9 Å². The minimum atomic E-state index is -1.38. The van der Waals surface area contributed by atoms with Crippen molar-refractivity contribution in [1.29, 1.82) is 0 Å². The van der Waals surface area contributed by atoms with Crippen molar-refractivity contribution in [1.82, 2.24) is 10.6 Å². The van der Waals surface area contributed by atoms with E-state index in [-0.39, 0.29) is 12.5 Å². The third-order valence-electron chi connectivity index (χ3n) is 3.85. The Balaban J connectivity index is 2.07. The van der Waals surface area contributed by atoms with E-state index in [0.717, 1.165) is 0 Å². The lowest BCUT2D eigenvalue weighted by atomic mass is 9.96. The second-order valence-electron chi connectivity index (χ2n) is 5.56. The van der Waals surface area contributed by atoms with E-state index < -0.39 is 36.6 Å². The number of benzene rings is 1. The predicted octanol–water partition coefficient (Wildman–Crippen LogP) is -0.986. The molecule has 0 aromatic heterocycles. The number of hydrogen-bond donors (Lipinski definition) is 4. The van der Waals surface area contributed by atoms with Gasteiger partial charge in [0.05, 0.1) is 0 Å². The van der Waals surface area contributed by atoms with Gasteiger partial charge in [-0.05, 0) is 12.1 Å². The van der Waals surface area contributed by atoms with E-state index in [9.17, 15) is 19.8 Å². The van der Waals surface area contributed by atoms with Crippen LogP contribution in [0.4, 0.5) is 0 Å². The van der Waals surface area contributed by atoms with E-state index in [1.807, 2.05) is 0 Å². The summed E-state index contributed by atoms with van der Waals surface area (Å²) in [6.07, 6.45) is -4.25. The maximum Gasteiger partial charge on any atom is 0.251 e. The molecule has 4 N–H and O–H groups in total. The fourth-order valence-electron chi connectivity index (χ4n) is 2.61. The van der Waals surface area contributed by atoms with E-state index in [2.05, 4.69) is 10.6 Å². The summed E-state index contributed by atoms with van der Waals surface area (Å²) < 4.78 is 10.6. The fraction of sp³-hybridized carbons (Fsp3) is 0.500. The molecule has 1 fully saturated rings. The zero-order valence-corrected chi connectivity index (χ0v) is 13.5. The summed E-state index contributed by atoms with van der Waals surface area (Å²) in [5.74, 6) is -0.702. The van der Waals surface area contributed by atoms with Crippen molar-refractivity contribution in [3.8, 4) is 0 Å². The number of amides is 2. The van der Waals surface area contributed by atoms with Crippen LogP contribution in [0.1, 0.15) is 17.3 Å². The molecule has 1 aromatic carbocycles. The van der Waals surface area contributed by atoms with Crippen molar-refractivity contribution < 1.29 is 29.3 Å². The van der Waals surface area contributed by atoms with Gasteiger partial charge in [0.1, 0.15) is 24.4 Å². The largest absolute Gasteiger partial charge is 0.388 e. The number of carbonyl (C=O) groups is 2. The molecule has 1 aromatic rings. The first-order valence-corrected chi connectivity index (χ1v) is 7.58. The standard InChI is InChI=1S/C16H22N2O6/c1-9(19)17-8-11-13(20)14(23-2)12(16(22)24-11)18-15(21)10-6-4-3-5-7-10/h3-7,11-14,16,20,22H,8H2,1-2H3,(H,17,19)(H,18,21). The van der Waals surface area contributed by atoms with Gasteiger partial charge in [0.2, 0.25) is 5.91 Å². The van der Waals surface area contributed by atoms with E-state index in [0.29, 0.717) is 5.56 Å². The predicted molar refractivity (Wildman–Crippen MR) is 84.1 cm³/mol. The summed E-state index contributed by atoms with van der Waals surface area (Å²) in [4.78, 5) is 23.2. The SMILES string of the molecule is COC1C(O)C(CNC(C)=O)OC(O)C1NC(=O)c1ccccc1. The molecule has 2 amide bonds. The molecule has 1 aliphatic rings. The molecule has 5 unspecified atom stereocenters. The average molecular weight is 338 g/mol. The minimum absolute atomic E-state index is 0.0206. The zero-order chi connectivity index (χ0) is 17.7. The molecule has 1 saturated heterocycles. The molecule has 132 valence electrons. The highest BCUT2D eigenvalue weighted by molar-refractivity contribution is 5.94. The molecule has 0 saturated carbocycles. The molecule has 0 bridgehead atoms. The van der Waals surface area contributed by atoms with Crippen molar-refractivity contribution in [2.24, 2.45) is 0 Å². The maximum absolute atomic E-state index is 12.3. The number of rotatable bonds is 5. The Morgan fingerprint density at radius 3 is 2.50 bits per heavy atom. The summed E-state index contributed by atoms with van der Waals surface area (Å²) in [6.45, 7) is 1.36. The number of ether oxygens (including phenoxy) is 2. The van der Waals surface area contributed by atoms with Crippen molar-refractivity contribution in [3.63, 3.8) is 0 Å². The Hall–Kier alpha value is -2.00. The highest BCUT2D eigenvalue weighted by Crippen LogP contribution is 2.22. The van der Waals surface area contributed by atoms with Crippen LogP contribution in [-0.4, -0.2) is 66.3 Å². The van der Waals surface area contributed by atoms with Gasteiger partial charge < -0.3 is 30.3 Å². The molecule has 0 spiro atoms. The molecular weight excluding hydrogens is 316 g/mol. The molecule has 0 aliphatic carbocycles. The summed E-state index contributed by atoms with van der Waals surface area (Å²) in [5.41, 5.74) is 0.411. The number of methoxy groups -OCH3 is 1. The Morgan fingerprint density at radius 2 is 1.92 bits per heavy atom. The number of nitrogens with one attached hydrogen (secondary N) is 2. The van der Waals surface area contributed by atoms with E-state index in [1.165, 1.54) is 14.0 Å². The lowest BCUT2D eigenvalue weighted by Crippen LogP contribution is -2.65. The lowest BCUT2D eigenvalue weighted by Gasteiger charge is -2.42. The molecule has 8 nitrogen and oxygen atoms in total. The Bertz CT molecular complexity index is 567. The fourth-order valence-corrected chi connectivity index (χ4v) is 2.61. The van der Waals surface area contributed by atoms with Crippen LogP contribution in [0.25, 0.3) is 0 Å². The van der Waals surface area contributed by atoms with Crippen LogP contribution >= 0.6 is 0 Å². The van der Waals surface area contributed by atoms with Crippen LogP contribution in [0.15, 0.2) is 30.3 Å². The second kappa shape index (κ2) is 8.20. The highest BCUT2D eigenvalue weighted by atomic mass is 16.6. The molecule has 1 aliphatic heterocycles. The third kappa shape index (κ3) is 4.30. The van der Waals surface area contributed by atoms with Crippen LogP contribution in [0.5, 0.6) is 0 Å². The third-order valence-corrected chi connectivity index (χ3v) is 3.85. The summed E-state index contributed by atoms with van der Waals surface area (Å²) >= 11 is 0. The number of aliphatic hydroxyl groups excluding tert-OH is 2. The summed E-state index contributed by atoms with van der Waals surface area (Å²) in [6, 6.07) is 7.52. The Labute approximate surface area is 139 Å². The van der Waals surface area contributed by atoms with E-state index in [4.69, 9.17) is 9.47 Å². The number of aliphatic hydroxyl groups is 2. The first kappa shape index (κ1) is 18.3. The molecule has 2 rings (SSSR count). The van der Waals surface area contributed by atoms with Gasteiger partial charge in [0, 0.05) is 26.1 Å². The van der Waals surface area contributed by atoms with Crippen LogP contribution in [0.3, 0.4) is 0 Å². The van der Waals surface area contributed by atoms with Gasteiger partial charge in [-0.1, -0.05) is 18.2 Å². The molecule has 0 radical (unpaired) electrons. The minimum Gasteiger partial charge on any atom is -0.388 e. The maximum atomic E-state index is 12.3. The second-order valence-corrected chi connectivity index (χ2v) is 5.56. The smallest absolute Gasteiger partial charge is 0.251 e. The van der Waals surface area contributed by atoms with Crippen molar-refractivity contribution >= 4 is 11.8 Å². The van der Waals surface area contributed by atoms with Gasteiger partial charge in [-0.2, -0.15) is 0 Å². The summed E-state index contributed by atoms with van der Waals surface area (Å²) in [7, 11) is 1.36. The van der Waals surface area contributed by atoms with Gasteiger partial charge in [-0.3, -0.25) is 9.59 Å². The summed E-state index contributed by atoms with van der Waals surface area (Å²) in [5, 5.41) is 25.7. The number of carbonyl (C=O) groups excluding carboxylic acids is 2. The molecule has 1 heterocycles. The normalized spacial score (nSPS) is 29.8. The van der Waals surface area contributed by atoms with E-state index >= 15 is 0 Å². The lowest BCUT2D eigenvalue weighted by molar-refractivity contribution is -0.248. The Morgan fingerprint density at radius 1 is 1.25 bits per heavy atom. The zero-order valence-electron chi connectivity index (χ0n) is 13.5. The van der Waals surface area contributed by atoms with Crippen LogP contribution in [0, 0.1) is 0 Å². The van der Waals surface area contributed by atoms with Crippen LogP contribution in [0.2, 0.25) is 0 Å². The monoisotopic (exact) mass is 338 g/mol. The van der Waals surface area contributed by atoms with Gasteiger partial charge in [0.25, 0.3) is 5.91 Å². The van der Waals surface area contributed by atoms with Gasteiger partial charge in [-0.25, -0.2) is 0 Å². The first-order valence-electron chi connectivity index (χ1n) is 7.58. The van der Waals surface area contributed by atoms with E-state index in [1.54, 1.807) is 30.3 Å². The molecular formula is C16H22N2O6. The van der Waals surface area contributed by atoms with Gasteiger partial charge in [-0.15, -0.1) is 0 Å². The van der Waals surface area contributed by atoms with Gasteiger partial charge >= 0.3 is 0 Å². The average Bonchev–Trinajstić information content (AvgIpc) is 2.57.